The number of carbonyl (C=O) groups is 2. The zero-order valence-electron chi connectivity index (χ0n) is 36.4. The Kier molecular flexibility index (Phi) is 11.5. The van der Waals surface area contributed by atoms with Crippen molar-refractivity contribution in [1.29, 1.82) is 0 Å². The van der Waals surface area contributed by atoms with Crippen LogP contribution < -0.4 is 0 Å². The highest BCUT2D eigenvalue weighted by molar-refractivity contribution is 5.67. The van der Waals surface area contributed by atoms with Gasteiger partial charge in [0.15, 0.2) is 24.8 Å². The Labute approximate surface area is 352 Å². The molecule has 3 aliphatic heterocycles. The molecule has 0 aromatic carbocycles. The van der Waals surface area contributed by atoms with E-state index in [2.05, 4.69) is 27.7 Å². The van der Waals surface area contributed by atoms with E-state index in [9.17, 15) is 45.3 Å². The maximum absolute atomic E-state index is 12.3. The van der Waals surface area contributed by atoms with E-state index >= 15 is 0 Å². The minimum atomic E-state index is -1.62. The van der Waals surface area contributed by atoms with Crippen LogP contribution in [0, 0.1) is 45.3 Å². The van der Waals surface area contributed by atoms with E-state index in [-0.39, 0.29) is 52.6 Å². The number of aliphatic hydroxyl groups excluding tert-OH is 6. The zero-order chi connectivity index (χ0) is 43.7. The van der Waals surface area contributed by atoms with Crippen molar-refractivity contribution in [2.24, 2.45) is 45.3 Å². The molecule has 3 saturated heterocycles. The van der Waals surface area contributed by atoms with E-state index in [4.69, 9.17) is 33.2 Å². The fourth-order valence-corrected chi connectivity index (χ4v) is 15.0. The predicted octanol–water partition coefficient (Wildman–Crippen LogP) is 1.48. The summed E-state index contributed by atoms with van der Waals surface area (Å²) in [5.74, 6) is -1.39. The van der Waals surface area contributed by atoms with Gasteiger partial charge in [-0.25, -0.2) is 0 Å². The normalized spacial score (nSPS) is 53.3. The molecule has 0 radical (unpaired) electrons. The summed E-state index contributed by atoms with van der Waals surface area (Å²) in [4.78, 5) is 24.1. The summed E-state index contributed by atoms with van der Waals surface area (Å²) in [6.45, 7) is 13.9. The monoisotopic (exact) mass is 854 g/mol. The molecule has 0 amide bonds. The SMILES string of the molecule is CC(=O)O[C@H]1[C@H](O[C@H]2CC[C@]34C[C@]35CCC3[C@@H]([C@@]6(C)CC[C@@H](C(C)(C)O)O6)[C@@H](O)C[C@@]3(C)[C@@H]5C[C@H](O[C@@H]3O[C@H](CO)[C@@H](O)[C@H](O)[C@H]3O)[C@H]4C2(C)C)OC[C@@H](OC(C)=O)[C@@H]1O. The average Bonchev–Trinajstić information content (AvgIpc) is 3.44. The van der Waals surface area contributed by atoms with Crippen LogP contribution in [0.2, 0.25) is 0 Å². The number of aliphatic hydroxyl groups is 7. The third-order valence-electron chi connectivity index (χ3n) is 17.4. The molecule has 8 rings (SSSR count). The summed E-state index contributed by atoms with van der Waals surface area (Å²) in [6.07, 6.45) is -7.55. The van der Waals surface area contributed by atoms with Gasteiger partial charge in [0.05, 0.1) is 48.8 Å². The first-order valence-electron chi connectivity index (χ1n) is 22.3. The molecule has 5 aliphatic carbocycles. The minimum absolute atomic E-state index is 0.0862. The number of ether oxygens (including phenoxy) is 7. The van der Waals surface area contributed by atoms with E-state index in [1.807, 2.05) is 0 Å². The van der Waals surface area contributed by atoms with Crippen LogP contribution in [0.5, 0.6) is 0 Å². The van der Waals surface area contributed by atoms with Crippen molar-refractivity contribution >= 4 is 11.9 Å². The Morgan fingerprint density at radius 1 is 0.800 bits per heavy atom. The molecular weight excluding hydrogens is 784 g/mol. The number of carbonyl (C=O) groups excluding carboxylic acids is 2. The molecule has 7 N–H and O–H groups in total. The number of fused-ring (bicyclic) bond motifs is 2. The molecule has 8 aliphatic rings. The van der Waals surface area contributed by atoms with Crippen molar-refractivity contribution in [3.8, 4) is 0 Å². The van der Waals surface area contributed by atoms with Crippen LogP contribution >= 0.6 is 0 Å². The van der Waals surface area contributed by atoms with Gasteiger partial charge in [-0.2, -0.15) is 0 Å². The lowest BCUT2D eigenvalue weighted by Crippen LogP contribution is -2.64. The van der Waals surface area contributed by atoms with Crippen LogP contribution in [0.25, 0.3) is 0 Å². The van der Waals surface area contributed by atoms with E-state index < -0.39 is 109 Å². The number of rotatable bonds is 9. The quantitative estimate of drug-likeness (QED) is 0.128. The first-order valence-corrected chi connectivity index (χ1v) is 22.3. The van der Waals surface area contributed by atoms with Gasteiger partial charge in [0.25, 0.3) is 0 Å². The summed E-state index contributed by atoms with van der Waals surface area (Å²) >= 11 is 0. The van der Waals surface area contributed by atoms with Crippen LogP contribution in [0.4, 0.5) is 0 Å². The molecule has 5 saturated carbocycles. The van der Waals surface area contributed by atoms with Gasteiger partial charge in [-0.15, -0.1) is 0 Å². The Bertz CT molecular complexity index is 1630. The predicted molar refractivity (Wildman–Crippen MR) is 208 cm³/mol. The number of esters is 2. The molecule has 0 bridgehead atoms. The number of hydrogen-bond donors (Lipinski definition) is 7. The summed E-state index contributed by atoms with van der Waals surface area (Å²) < 4.78 is 43.3. The Morgan fingerprint density at radius 3 is 2.12 bits per heavy atom. The van der Waals surface area contributed by atoms with Gasteiger partial charge in [-0.05, 0) is 118 Å². The maximum Gasteiger partial charge on any atom is 0.303 e. The fourth-order valence-electron chi connectivity index (χ4n) is 15.0. The average molecular weight is 855 g/mol. The maximum atomic E-state index is 12.3. The smallest absolute Gasteiger partial charge is 0.303 e. The molecule has 60 heavy (non-hydrogen) atoms. The molecule has 1 unspecified atom stereocenters. The zero-order valence-corrected chi connectivity index (χ0v) is 36.4. The summed E-state index contributed by atoms with van der Waals surface area (Å²) in [5.41, 5.74) is -2.93. The third-order valence-corrected chi connectivity index (χ3v) is 17.4. The third kappa shape index (κ3) is 6.92. The van der Waals surface area contributed by atoms with Gasteiger partial charge in [-0.1, -0.05) is 20.8 Å². The first-order chi connectivity index (χ1) is 27.9. The van der Waals surface area contributed by atoms with Crippen molar-refractivity contribution in [1.82, 2.24) is 0 Å². The lowest BCUT2D eigenvalue weighted by Gasteiger charge is -2.63. The van der Waals surface area contributed by atoms with Gasteiger partial charge in [0.1, 0.15) is 30.5 Å². The standard InChI is InChI=1S/C44H70O16/c1-20(46)55-26-18-54-38(35(32(26)50)56-21(2)47)59-28-11-14-44-19-43(44)13-9-22-30(42(8)12-10-29(60-42)40(5,6)53)23(48)16-41(22,7)27(43)15-24(36(44)39(28,3)4)57-37-34(52)33(51)31(49)25(17-45)58-37/h22-38,45,48-53H,9-19H2,1-8H3/t22?,23-,24-,25+,26+,27-,28-,29-,30+,31+,32-,33-,34+,35+,36-,37+,38-,41+,42+,43-,44+/m0/s1. The Balaban J connectivity index is 1.12. The van der Waals surface area contributed by atoms with E-state index in [0.717, 1.165) is 32.1 Å². The molecule has 3 heterocycles. The lowest BCUT2D eigenvalue weighted by molar-refractivity contribution is -0.338. The highest BCUT2D eigenvalue weighted by Crippen LogP contribution is 2.88. The molecular formula is C44H70O16. The van der Waals surface area contributed by atoms with Crippen molar-refractivity contribution in [3.63, 3.8) is 0 Å². The van der Waals surface area contributed by atoms with E-state index in [1.165, 1.54) is 13.8 Å². The van der Waals surface area contributed by atoms with Crippen LogP contribution in [0.15, 0.2) is 0 Å². The summed E-state index contributed by atoms with van der Waals surface area (Å²) in [6, 6.07) is 0. The molecule has 0 aromatic rings. The van der Waals surface area contributed by atoms with Crippen LogP contribution in [-0.2, 0) is 42.7 Å². The van der Waals surface area contributed by atoms with E-state index in [0.29, 0.717) is 25.7 Å². The van der Waals surface area contributed by atoms with Crippen LogP contribution in [0.3, 0.4) is 0 Å². The largest absolute Gasteiger partial charge is 0.457 e. The molecule has 342 valence electrons. The molecule has 8 fully saturated rings. The second-order valence-electron chi connectivity index (χ2n) is 21.6. The molecule has 21 atom stereocenters. The molecule has 2 spiro atoms. The second kappa shape index (κ2) is 15.3. The Morgan fingerprint density at radius 2 is 1.48 bits per heavy atom. The van der Waals surface area contributed by atoms with Gasteiger partial charge in [0, 0.05) is 19.8 Å². The highest BCUT2D eigenvalue weighted by Gasteiger charge is 2.84. The van der Waals surface area contributed by atoms with Crippen molar-refractivity contribution in [3.05, 3.63) is 0 Å². The topological polar surface area (TPSA) is 240 Å². The van der Waals surface area contributed by atoms with Crippen LogP contribution in [0.1, 0.15) is 113 Å². The first kappa shape index (κ1) is 45.0. The van der Waals surface area contributed by atoms with Gasteiger partial charge < -0.3 is 68.9 Å². The lowest BCUT2D eigenvalue weighted by atomic mass is 9.44. The van der Waals surface area contributed by atoms with Crippen LogP contribution in [-0.4, -0.2) is 152 Å². The summed E-state index contributed by atoms with van der Waals surface area (Å²) in [7, 11) is 0. The van der Waals surface area contributed by atoms with E-state index in [1.54, 1.807) is 13.8 Å². The summed E-state index contributed by atoms with van der Waals surface area (Å²) in [5, 5.41) is 77.2. The van der Waals surface area contributed by atoms with Gasteiger partial charge in [0.2, 0.25) is 0 Å². The minimum Gasteiger partial charge on any atom is -0.457 e. The Hall–Kier alpha value is -1.54. The van der Waals surface area contributed by atoms with Gasteiger partial charge in [-0.3, -0.25) is 9.59 Å². The fraction of sp³-hybridized carbons (Fsp3) is 0.955. The van der Waals surface area contributed by atoms with Crippen molar-refractivity contribution < 1.29 is 78.5 Å². The molecule has 0 aromatic heterocycles. The van der Waals surface area contributed by atoms with Gasteiger partial charge >= 0.3 is 11.9 Å². The molecule has 16 nitrogen and oxygen atoms in total. The van der Waals surface area contributed by atoms with Crippen molar-refractivity contribution in [2.45, 2.75) is 204 Å². The molecule has 16 heteroatoms. The second-order valence-corrected chi connectivity index (χ2v) is 21.6. The highest BCUT2D eigenvalue weighted by atomic mass is 16.7. The number of hydrogen-bond acceptors (Lipinski definition) is 16. The van der Waals surface area contributed by atoms with Crippen molar-refractivity contribution in [2.75, 3.05) is 13.2 Å².